The molecule has 1 unspecified atom stereocenters. The van der Waals surface area contributed by atoms with E-state index in [1.165, 1.54) is 0 Å². The number of para-hydroxylation sites is 1. The topological polar surface area (TPSA) is 58.6 Å². The summed E-state index contributed by atoms with van der Waals surface area (Å²) in [6, 6.07) is 7.05. The summed E-state index contributed by atoms with van der Waals surface area (Å²) in [5.74, 6) is 0.192. The Morgan fingerprint density at radius 2 is 1.81 bits per heavy atom. The molecule has 1 atom stereocenters. The first-order valence-electron chi connectivity index (χ1n) is 9.46. The third-order valence-electron chi connectivity index (χ3n) is 5.04. The molecule has 0 saturated heterocycles. The predicted molar refractivity (Wildman–Crippen MR) is 103 cm³/mol. The molecule has 2 rings (SSSR count). The number of nitrogens with zero attached hydrogens (tertiary/aromatic N) is 1. The molecule has 6 heteroatoms. The number of nitrogens with one attached hydrogen (secondary N) is 1. The van der Waals surface area contributed by atoms with E-state index in [0.717, 1.165) is 19.3 Å². The van der Waals surface area contributed by atoms with Gasteiger partial charge in [0.05, 0.1) is 5.02 Å². The number of rotatable bonds is 7. The first-order chi connectivity index (χ1) is 12.4. The van der Waals surface area contributed by atoms with Crippen molar-refractivity contribution in [1.29, 1.82) is 0 Å². The van der Waals surface area contributed by atoms with Crippen LogP contribution < -0.4 is 10.1 Å². The molecular formula is C20H29ClN2O3. The number of carbonyl (C=O) groups excluding carboxylic acids is 2. The van der Waals surface area contributed by atoms with Crippen LogP contribution in [-0.2, 0) is 9.59 Å². The molecule has 0 bridgehead atoms. The van der Waals surface area contributed by atoms with Gasteiger partial charge in [-0.1, -0.05) is 43.0 Å². The van der Waals surface area contributed by atoms with Gasteiger partial charge in [0, 0.05) is 13.1 Å². The minimum absolute atomic E-state index is 0.0143. The Labute approximate surface area is 161 Å². The van der Waals surface area contributed by atoms with E-state index in [-0.39, 0.29) is 11.8 Å². The molecule has 26 heavy (non-hydrogen) atoms. The number of halogens is 1. The van der Waals surface area contributed by atoms with Crippen molar-refractivity contribution in [1.82, 2.24) is 10.2 Å². The summed E-state index contributed by atoms with van der Waals surface area (Å²) in [6.07, 6.45) is 3.58. The maximum absolute atomic E-state index is 13.1. The number of hydrogen-bond acceptors (Lipinski definition) is 3. The summed E-state index contributed by atoms with van der Waals surface area (Å²) in [5.41, 5.74) is -0.820. The van der Waals surface area contributed by atoms with Crippen molar-refractivity contribution in [2.24, 2.45) is 0 Å². The largest absolute Gasteiger partial charge is 0.479 e. The molecule has 1 aliphatic carbocycles. The summed E-state index contributed by atoms with van der Waals surface area (Å²) >= 11 is 6.10. The average Bonchev–Trinajstić information content (AvgIpc) is 2.65. The number of carbonyl (C=O) groups is 2. The lowest BCUT2D eigenvalue weighted by molar-refractivity contribution is -0.144. The third kappa shape index (κ3) is 4.70. The maximum atomic E-state index is 13.1. The Kier molecular flexibility index (Phi) is 7.33. The zero-order chi connectivity index (χ0) is 19.2. The van der Waals surface area contributed by atoms with E-state index in [1.807, 2.05) is 13.8 Å². The van der Waals surface area contributed by atoms with Crippen molar-refractivity contribution in [2.75, 3.05) is 13.1 Å². The van der Waals surface area contributed by atoms with Gasteiger partial charge in [0.25, 0.3) is 5.91 Å². The standard InChI is InChI=1S/C20H29ClN2O3/c1-4-23(5-2)19(25)20(13-9-6-10-14-20)22-18(24)15(3)26-17-12-8-7-11-16(17)21/h7-8,11-12,15H,4-6,9-10,13-14H2,1-3H3,(H,22,24). The second kappa shape index (κ2) is 9.26. The molecule has 2 amide bonds. The van der Waals surface area contributed by atoms with E-state index in [0.29, 0.717) is 36.7 Å². The van der Waals surface area contributed by atoms with Crippen LogP contribution in [0.15, 0.2) is 24.3 Å². The SMILES string of the molecule is CCN(CC)C(=O)C1(NC(=O)C(C)Oc2ccccc2Cl)CCCCC1. The highest BCUT2D eigenvalue weighted by atomic mass is 35.5. The van der Waals surface area contributed by atoms with Crippen LogP contribution in [-0.4, -0.2) is 41.4 Å². The van der Waals surface area contributed by atoms with Crippen molar-refractivity contribution in [3.8, 4) is 5.75 Å². The van der Waals surface area contributed by atoms with Gasteiger partial charge in [-0.2, -0.15) is 0 Å². The number of hydrogen-bond donors (Lipinski definition) is 1. The minimum atomic E-state index is -0.820. The smallest absolute Gasteiger partial charge is 0.261 e. The molecule has 5 nitrogen and oxygen atoms in total. The van der Waals surface area contributed by atoms with Gasteiger partial charge in [0.2, 0.25) is 5.91 Å². The zero-order valence-corrected chi connectivity index (χ0v) is 16.6. The van der Waals surface area contributed by atoms with E-state index in [1.54, 1.807) is 36.1 Å². The van der Waals surface area contributed by atoms with Gasteiger partial charge in [0.1, 0.15) is 11.3 Å². The Bertz CT molecular complexity index is 625. The van der Waals surface area contributed by atoms with E-state index in [9.17, 15) is 9.59 Å². The normalized spacial score (nSPS) is 17.2. The van der Waals surface area contributed by atoms with Gasteiger partial charge in [-0.05, 0) is 45.7 Å². The number of benzene rings is 1. The Hall–Kier alpha value is -1.75. The molecular weight excluding hydrogens is 352 g/mol. The summed E-state index contributed by atoms with van der Waals surface area (Å²) in [7, 11) is 0. The van der Waals surface area contributed by atoms with Gasteiger partial charge in [-0.3, -0.25) is 9.59 Å². The van der Waals surface area contributed by atoms with E-state index < -0.39 is 11.6 Å². The van der Waals surface area contributed by atoms with E-state index >= 15 is 0 Å². The number of amides is 2. The molecule has 0 aliphatic heterocycles. The molecule has 1 saturated carbocycles. The third-order valence-corrected chi connectivity index (χ3v) is 5.35. The summed E-state index contributed by atoms with van der Waals surface area (Å²) in [6.45, 7) is 6.88. The van der Waals surface area contributed by atoms with Crippen LogP contribution in [0, 0.1) is 0 Å². The molecule has 0 heterocycles. The number of ether oxygens (including phenoxy) is 1. The highest BCUT2D eigenvalue weighted by molar-refractivity contribution is 6.32. The monoisotopic (exact) mass is 380 g/mol. The Morgan fingerprint density at radius 1 is 1.19 bits per heavy atom. The lowest BCUT2D eigenvalue weighted by Gasteiger charge is -2.40. The maximum Gasteiger partial charge on any atom is 0.261 e. The Balaban J connectivity index is 2.13. The van der Waals surface area contributed by atoms with Gasteiger partial charge in [-0.15, -0.1) is 0 Å². The highest BCUT2D eigenvalue weighted by Gasteiger charge is 2.43. The van der Waals surface area contributed by atoms with Gasteiger partial charge >= 0.3 is 0 Å². The molecule has 0 spiro atoms. The average molecular weight is 381 g/mol. The van der Waals surface area contributed by atoms with Crippen molar-refractivity contribution < 1.29 is 14.3 Å². The minimum Gasteiger partial charge on any atom is -0.479 e. The van der Waals surface area contributed by atoms with Gasteiger partial charge in [0.15, 0.2) is 6.10 Å². The molecule has 1 aromatic rings. The lowest BCUT2D eigenvalue weighted by atomic mass is 9.80. The molecule has 1 fully saturated rings. The molecule has 1 aromatic carbocycles. The van der Waals surface area contributed by atoms with Crippen LogP contribution in [0.1, 0.15) is 52.9 Å². The van der Waals surface area contributed by atoms with Crippen molar-refractivity contribution in [3.63, 3.8) is 0 Å². The van der Waals surface area contributed by atoms with Crippen molar-refractivity contribution in [2.45, 2.75) is 64.5 Å². The van der Waals surface area contributed by atoms with Crippen LogP contribution in [0.3, 0.4) is 0 Å². The molecule has 0 aromatic heterocycles. The van der Waals surface area contributed by atoms with Crippen LogP contribution >= 0.6 is 11.6 Å². The van der Waals surface area contributed by atoms with E-state index in [2.05, 4.69) is 5.32 Å². The molecule has 1 N–H and O–H groups in total. The fraction of sp³-hybridized carbons (Fsp3) is 0.600. The second-order valence-electron chi connectivity index (χ2n) is 6.80. The molecule has 144 valence electrons. The first-order valence-corrected chi connectivity index (χ1v) is 9.84. The zero-order valence-electron chi connectivity index (χ0n) is 15.9. The summed E-state index contributed by atoms with van der Waals surface area (Å²) in [5, 5.41) is 3.48. The summed E-state index contributed by atoms with van der Waals surface area (Å²) in [4.78, 5) is 27.7. The molecule has 1 aliphatic rings. The van der Waals surface area contributed by atoms with Crippen molar-refractivity contribution >= 4 is 23.4 Å². The van der Waals surface area contributed by atoms with Gasteiger partial charge in [-0.25, -0.2) is 0 Å². The van der Waals surface area contributed by atoms with Crippen LogP contribution in [0.25, 0.3) is 0 Å². The van der Waals surface area contributed by atoms with Crippen LogP contribution in [0.4, 0.5) is 0 Å². The fourth-order valence-corrected chi connectivity index (χ4v) is 3.66. The van der Waals surface area contributed by atoms with Crippen molar-refractivity contribution in [3.05, 3.63) is 29.3 Å². The predicted octanol–water partition coefficient (Wildman–Crippen LogP) is 3.79. The van der Waals surface area contributed by atoms with Crippen LogP contribution in [0.2, 0.25) is 5.02 Å². The van der Waals surface area contributed by atoms with E-state index in [4.69, 9.17) is 16.3 Å². The summed E-state index contributed by atoms with van der Waals surface area (Å²) < 4.78 is 5.72. The first kappa shape index (κ1) is 20.6. The number of likely N-dealkylation sites (N-methyl/N-ethyl adjacent to an activating group) is 1. The van der Waals surface area contributed by atoms with Gasteiger partial charge < -0.3 is 15.0 Å². The Morgan fingerprint density at radius 3 is 2.38 bits per heavy atom. The highest BCUT2D eigenvalue weighted by Crippen LogP contribution is 2.31. The van der Waals surface area contributed by atoms with Crippen LogP contribution in [0.5, 0.6) is 5.75 Å². The quantitative estimate of drug-likeness (QED) is 0.782. The second-order valence-corrected chi connectivity index (χ2v) is 7.21. The molecule has 0 radical (unpaired) electrons. The lowest BCUT2D eigenvalue weighted by Crippen LogP contribution is -2.62. The fourth-order valence-electron chi connectivity index (χ4n) is 3.48.